The Balaban J connectivity index is 2.02. The summed E-state index contributed by atoms with van der Waals surface area (Å²) in [4.78, 5) is 12.7. The van der Waals surface area contributed by atoms with Gasteiger partial charge >= 0.3 is 0 Å². The van der Waals surface area contributed by atoms with Gasteiger partial charge in [0.05, 0.1) is 7.11 Å². The zero-order valence-corrected chi connectivity index (χ0v) is 13.3. The van der Waals surface area contributed by atoms with E-state index < -0.39 is 0 Å². The fourth-order valence-corrected chi connectivity index (χ4v) is 4.54. The van der Waals surface area contributed by atoms with Crippen LogP contribution in [-0.2, 0) is 0 Å². The van der Waals surface area contributed by atoms with E-state index in [1.807, 2.05) is 12.1 Å². The minimum absolute atomic E-state index is 0.243. The fraction of sp³-hybridized carbons (Fsp3) is 0.632. The maximum Gasteiger partial charge on any atom is 0.163 e. The van der Waals surface area contributed by atoms with E-state index in [0.717, 1.165) is 17.7 Å². The molecule has 0 aliphatic heterocycles. The molecule has 1 fully saturated rings. The number of methoxy groups -OCH3 is 1. The molecular weight excluding hydrogens is 260 g/mol. The highest BCUT2D eigenvalue weighted by atomic mass is 16.5. The van der Waals surface area contributed by atoms with Crippen molar-refractivity contribution in [3.8, 4) is 5.75 Å². The van der Waals surface area contributed by atoms with Crippen LogP contribution in [0.25, 0.3) is 0 Å². The number of carbonyl (C=O) groups excluding carboxylic acids is 1. The van der Waals surface area contributed by atoms with Gasteiger partial charge in [-0.15, -0.1) is 0 Å². The third-order valence-corrected chi connectivity index (χ3v) is 5.63. The zero-order chi connectivity index (χ0) is 14.9. The van der Waals surface area contributed by atoms with Crippen molar-refractivity contribution < 1.29 is 9.53 Å². The van der Waals surface area contributed by atoms with Gasteiger partial charge in [-0.3, -0.25) is 4.79 Å². The van der Waals surface area contributed by atoms with Gasteiger partial charge in [-0.25, -0.2) is 0 Å². The van der Waals surface area contributed by atoms with Crippen LogP contribution in [0.3, 0.4) is 0 Å². The van der Waals surface area contributed by atoms with Gasteiger partial charge in [-0.05, 0) is 48.3 Å². The van der Waals surface area contributed by atoms with Crippen LogP contribution in [0.2, 0.25) is 0 Å². The number of hydrogen-bond donors (Lipinski definition) is 0. The summed E-state index contributed by atoms with van der Waals surface area (Å²) in [7, 11) is 1.67. The van der Waals surface area contributed by atoms with Gasteiger partial charge in [0.15, 0.2) is 5.78 Å². The van der Waals surface area contributed by atoms with Gasteiger partial charge < -0.3 is 4.74 Å². The molecule has 0 bridgehead atoms. The summed E-state index contributed by atoms with van der Waals surface area (Å²) in [5.41, 5.74) is 2.46. The maximum absolute atomic E-state index is 12.7. The van der Waals surface area contributed by atoms with Crippen LogP contribution in [0, 0.1) is 5.41 Å². The minimum atomic E-state index is 0.243. The van der Waals surface area contributed by atoms with Crippen LogP contribution in [0.5, 0.6) is 5.75 Å². The number of Topliss-reactive ketones (excluding diaryl/α,β-unsaturated/α-hetero) is 1. The SMILES string of the molecule is CCCCC12CCCCC1c1ccc(OC)cc1C(=O)C2. The Morgan fingerprint density at radius 1 is 1.33 bits per heavy atom. The van der Waals surface area contributed by atoms with Crippen LogP contribution in [0.1, 0.15) is 80.1 Å². The molecule has 2 aliphatic carbocycles. The van der Waals surface area contributed by atoms with E-state index in [1.54, 1.807) is 7.11 Å². The third-order valence-electron chi connectivity index (χ3n) is 5.63. The molecule has 0 spiro atoms. The van der Waals surface area contributed by atoms with Gasteiger partial charge in [0.2, 0.25) is 0 Å². The normalized spacial score (nSPS) is 27.9. The molecule has 2 unspecified atom stereocenters. The van der Waals surface area contributed by atoms with E-state index in [2.05, 4.69) is 13.0 Å². The highest BCUT2D eigenvalue weighted by Gasteiger charge is 2.46. The van der Waals surface area contributed by atoms with E-state index in [-0.39, 0.29) is 5.41 Å². The molecule has 2 aliphatic rings. The average Bonchev–Trinajstić information content (AvgIpc) is 2.52. The van der Waals surface area contributed by atoms with E-state index in [1.165, 1.54) is 50.5 Å². The topological polar surface area (TPSA) is 26.3 Å². The van der Waals surface area contributed by atoms with Gasteiger partial charge in [0.25, 0.3) is 0 Å². The van der Waals surface area contributed by atoms with Crippen molar-refractivity contribution in [2.75, 3.05) is 7.11 Å². The molecule has 1 aromatic carbocycles. The van der Waals surface area contributed by atoms with Crippen molar-refractivity contribution in [2.45, 2.75) is 64.2 Å². The lowest BCUT2D eigenvalue weighted by atomic mass is 9.56. The van der Waals surface area contributed by atoms with Crippen molar-refractivity contribution in [1.82, 2.24) is 0 Å². The summed E-state index contributed by atoms with van der Waals surface area (Å²) in [6, 6.07) is 6.13. The van der Waals surface area contributed by atoms with E-state index in [0.29, 0.717) is 11.7 Å². The largest absolute Gasteiger partial charge is 0.497 e. The molecule has 3 rings (SSSR count). The van der Waals surface area contributed by atoms with Crippen molar-refractivity contribution in [3.05, 3.63) is 29.3 Å². The molecule has 0 heterocycles. The van der Waals surface area contributed by atoms with Crippen molar-refractivity contribution in [3.63, 3.8) is 0 Å². The molecule has 0 saturated heterocycles. The Kier molecular flexibility index (Phi) is 4.05. The lowest BCUT2D eigenvalue weighted by Crippen LogP contribution is -2.39. The maximum atomic E-state index is 12.7. The Morgan fingerprint density at radius 2 is 2.19 bits per heavy atom. The zero-order valence-electron chi connectivity index (χ0n) is 13.3. The van der Waals surface area contributed by atoms with Crippen LogP contribution < -0.4 is 4.74 Å². The molecule has 1 aromatic rings. The monoisotopic (exact) mass is 286 g/mol. The minimum Gasteiger partial charge on any atom is -0.497 e. The second-order valence-electron chi connectivity index (χ2n) is 6.82. The molecule has 0 amide bonds. The highest BCUT2D eigenvalue weighted by molar-refractivity contribution is 6.00. The number of hydrogen-bond acceptors (Lipinski definition) is 2. The molecule has 2 atom stereocenters. The summed E-state index contributed by atoms with van der Waals surface area (Å²) in [5, 5.41) is 0. The lowest BCUT2D eigenvalue weighted by Gasteiger charge is -2.48. The number of benzene rings is 1. The highest BCUT2D eigenvalue weighted by Crippen LogP contribution is 2.56. The van der Waals surface area contributed by atoms with Crippen LogP contribution >= 0.6 is 0 Å². The van der Waals surface area contributed by atoms with Gasteiger partial charge in [0.1, 0.15) is 5.75 Å². The summed E-state index contributed by atoms with van der Waals surface area (Å²) in [6.07, 6.45) is 9.50. The quantitative estimate of drug-likeness (QED) is 0.768. The number of fused-ring (bicyclic) bond motifs is 3. The number of unbranched alkanes of at least 4 members (excludes halogenated alkanes) is 1. The second-order valence-corrected chi connectivity index (χ2v) is 6.82. The first kappa shape index (κ1) is 14.6. The van der Waals surface area contributed by atoms with E-state index >= 15 is 0 Å². The van der Waals surface area contributed by atoms with Gasteiger partial charge in [0, 0.05) is 12.0 Å². The second kappa shape index (κ2) is 5.82. The summed E-state index contributed by atoms with van der Waals surface area (Å²) >= 11 is 0. The number of carbonyl (C=O) groups is 1. The van der Waals surface area contributed by atoms with E-state index in [4.69, 9.17) is 4.74 Å². The molecule has 2 heteroatoms. The third kappa shape index (κ3) is 2.49. The van der Waals surface area contributed by atoms with Crippen LogP contribution in [0.4, 0.5) is 0 Å². The van der Waals surface area contributed by atoms with E-state index in [9.17, 15) is 4.79 Å². The lowest BCUT2D eigenvalue weighted by molar-refractivity contribution is 0.0703. The predicted octanol–water partition coefficient (Wildman–Crippen LogP) is 5.12. The van der Waals surface area contributed by atoms with Crippen LogP contribution in [-0.4, -0.2) is 12.9 Å². The Bertz CT molecular complexity index is 534. The first-order chi connectivity index (χ1) is 10.2. The van der Waals surface area contributed by atoms with Crippen molar-refractivity contribution in [1.29, 1.82) is 0 Å². The smallest absolute Gasteiger partial charge is 0.163 e. The average molecular weight is 286 g/mol. The fourth-order valence-electron chi connectivity index (χ4n) is 4.54. The molecule has 0 aromatic heterocycles. The first-order valence-electron chi connectivity index (χ1n) is 8.41. The Hall–Kier alpha value is -1.31. The molecule has 21 heavy (non-hydrogen) atoms. The molecule has 0 radical (unpaired) electrons. The summed E-state index contributed by atoms with van der Waals surface area (Å²) < 4.78 is 5.30. The molecule has 114 valence electrons. The number of ketones is 1. The standard InChI is InChI=1S/C19H26O2/c1-3-4-10-19-11-6-5-7-17(19)15-9-8-14(21-2)12-16(15)18(20)13-19/h8-9,12,17H,3-7,10-11,13H2,1-2H3. The molecule has 2 nitrogen and oxygen atoms in total. The van der Waals surface area contributed by atoms with Gasteiger partial charge in [-0.1, -0.05) is 38.7 Å². The first-order valence-corrected chi connectivity index (χ1v) is 8.41. The number of rotatable bonds is 4. The van der Waals surface area contributed by atoms with Crippen molar-refractivity contribution in [2.24, 2.45) is 5.41 Å². The summed E-state index contributed by atoms with van der Waals surface area (Å²) in [6.45, 7) is 2.25. The molecular formula is C19H26O2. The Morgan fingerprint density at radius 3 is 2.95 bits per heavy atom. The molecule has 1 saturated carbocycles. The predicted molar refractivity (Wildman–Crippen MR) is 85.1 cm³/mol. The molecule has 0 N–H and O–H groups in total. The Labute approximate surface area is 127 Å². The number of ether oxygens (including phenoxy) is 1. The van der Waals surface area contributed by atoms with Crippen molar-refractivity contribution >= 4 is 5.78 Å². The van der Waals surface area contributed by atoms with Crippen LogP contribution in [0.15, 0.2) is 18.2 Å². The van der Waals surface area contributed by atoms with Gasteiger partial charge in [-0.2, -0.15) is 0 Å². The summed E-state index contributed by atoms with van der Waals surface area (Å²) in [5.74, 6) is 1.72.